The predicted molar refractivity (Wildman–Crippen MR) is 63.0 cm³/mol. The molecule has 1 aromatic heterocycles. The second-order valence-corrected chi connectivity index (χ2v) is 4.11. The van der Waals surface area contributed by atoms with E-state index >= 15 is 0 Å². The number of thiazole rings is 1. The quantitative estimate of drug-likeness (QED) is 0.470. The van der Waals surface area contributed by atoms with Crippen LogP contribution in [0.15, 0.2) is 24.4 Å². The van der Waals surface area contributed by atoms with Crippen molar-refractivity contribution in [2.45, 2.75) is 0 Å². The van der Waals surface area contributed by atoms with Gasteiger partial charge in [0.15, 0.2) is 0 Å². The first-order valence-electron chi connectivity index (χ1n) is 4.33. The van der Waals surface area contributed by atoms with Gasteiger partial charge in [-0.25, -0.2) is 4.98 Å². The van der Waals surface area contributed by atoms with Gasteiger partial charge >= 0.3 is 5.00 Å². The molecule has 0 saturated heterocycles. The molecule has 16 heavy (non-hydrogen) atoms. The SMILES string of the molecule is Nc1ccc(-c2ncc([N+](=O)[O-])s2)cc1N. The Kier molecular flexibility index (Phi) is 2.45. The maximum absolute atomic E-state index is 10.5. The zero-order valence-corrected chi connectivity index (χ0v) is 8.90. The third kappa shape index (κ3) is 1.80. The number of benzene rings is 1. The molecule has 4 N–H and O–H groups in total. The van der Waals surface area contributed by atoms with Gasteiger partial charge in [0.2, 0.25) is 0 Å². The van der Waals surface area contributed by atoms with Gasteiger partial charge in [-0.1, -0.05) is 0 Å². The van der Waals surface area contributed by atoms with E-state index in [0.717, 1.165) is 16.9 Å². The minimum absolute atomic E-state index is 0.00500. The summed E-state index contributed by atoms with van der Waals surface area (Å²) in [4.78, 5) is 14.0. The van der Waals surface area contributed by atoms with Crippen LogP contribution in [0.1, 0.15) is 0 Å². The van der Waals surface area contributed by atoms with E-state index in [1.54, 1.807) is 18.2 Å². The van der Waals surface area contributed by atoms with Crippen LogP contribution in [0.2, 0.25) is 0 Å². The van der Waals surface area contributed by atoms with Crippen molar-refractivity contribution >= 4 is 27.7 Å². The van der Waals surface area contributed by atoms with E-state index in [0.29, 0.717) is 16.4 Å². The van der Waals surface area contributed by atoms with Gasteiger partial charge in [0.25, 0.3) is 0 Å². The van der Waals surface area contributed by atoms with Crippen molar-refractivity contribution in [3.8, 4) is 10.6 Å². The summed E-state index contributed by atoms with van der Waals surface area (Å²) in [7, 11) is 0. The van der Waals surface area contributed by atoms with E-state index in [4.69, 9.17) is 11.5 Å². The van der Waals surface area contributed by atoms with E-state index < -0.39 is 4.92 Å². The van der Waals surface area contributed by atoms with Gasteiger partial charge in [0, 0.05) is 5.56 Å². The molecule has 0 aliphatic rings. The summed E-state index contributed by atoms with van der Waals surface area (Å²) in [6.45, 7) is 0. The topological polar surface area (TPSA) is 108 Å². The first-order chi connectivity index (χ1) is 7.58. The average Bonchev–Trinajstić information content (AvgIpc) is 2.71. The van der Waals surface area contributed by atoms with Crippen molar-refractivity contribution < 1.29 is 4.92 Å². The normalized spacial score (nSPS) is 10.2. The van der Waals surface area contributed by atoms with Crippen molar-refractivity contribution in [3.05, 3.63) is 34.5 Å². The summed E-state index contributed by atoms with van der Waals surface area (Å²) in [5.74, 6) is 0. The van der Waals surface area contributed by atoms with Gasteiger partial charge in [-0.15, -0.1) is 0 Å². The molecule has 82 valence electrons. The predicted octanol–water partition coefficient (Wildman–Crippen LogP) is 1.88. The standard InChI is InChI=1S/C9H8N4O2S/c10-6-2-1-5(3-7(6)11)9-12-4-8(16-9)13(14)15/h1-4H,10-11H2. The lowest BCUT2D eigenvalue weighted by Crippen LogP contribution is -1.93. The summed E-state index contributed by atoms with van der Waals surface area (Å²) < 4.78 is 0. The lowest BCUT2D eigenvalue weighted by Gasteiger charge is -2.01. The van der Waals surface area contributed by atoms with Crippen LogP contribution in [0, 0.1) is 10.1 Å². The number of nitro groups is 1. The molecular weight excluding hydrogens is 228 g/mol. The van der Waals surface area contributed by atoms with Crippen LogP contribution < -0.4 is 11.5 Å². The summed E-state index contributed by atoms with van der Waals surface area (Å²) in [5.41, 5.74) is 12.9. The third-order valence-electron chi connectivity index (χ3n) is 2.01. The second kappa shape index (κ2) is 3.78. The van der Waals surface area contributed by atoms with Crippen LogP contribution in [-0.2, 0) is 0 Å². The van der Waals surface area contributed by atoms with E-state index in [9.17, 15) is 10.1 Å². The molecule has 1 aromatic carbocycles. The summed E-state index contributed by atoms with van der Waals surface area (Å²) >= 11 is 1.00. The van der Waals surface area contributed by atoms with E-state index in [1.807, 2.05) is 0 Å². The van der Waals surface area contributed by atoms with E-state index in [2.05, 4.69) is 4.98 Å². The van der Waals surface area contributed by atoms with Crippen molar-refractivity contribution in [3.63, 3.8) is 0 Å². The molecule has 0 fully saturated rings. The highest BCUT2D eigenvalue weighted by Gasteiger charge is 2.13. The first-order valence-corrected chi connectivity index (χ1v) is 5.15. The Morgan fingerprint density at radius 2 is 2.06 bits per heavy atom. The Morgan fingerprint density at radius 1 is 1.31 bits per heavy atom. The lowest BCUT2D eigenvalue weighted by atomic mass is 10.2. The average molecular weight is 236 g/mol. The van der Waals surface area contributed by atoms with Gasteiger partial charge in [0.1, 0.15) is 11.2 Å². The Hall–Kier alpha value is -2.15. The number of nitrogen functional groups attached to an aromatic ring is 2. The van der Waals surface area contributed by atoms with E-state index in [1.165, 1.54) is 6.20 Å². The number of nitrogens with zero attached hydrogens (tertiary/aromatic N) is 2. The zero-order chi connectivity index (χ0) is 11.7. The van der Waals surface area contributed by atoms with Gasteiger partial charge in [-0.05, 0) is 29.5 Å². The minimum Gasteiger partial charge on any atom is -0.397 e. The van der Waals surface area contributed by atoms with Crippen LogP contribution in [0.4, 0.5) is 16.4 Å². The molecule has 0 unspecified atom stereocenters. The highest BCUT2D eigenvalue weighted by molar-refractivity contribution is 7.18. The largest absolute Gasteiger partial charge is 0.397 e. The molecule has 0 radical (unpaired) electrons. The maximum Gasteiger partial charge on any atom is 0.344 e. The number of rotatable bonds is 2. The van der Waals surface area contributed by atoms with Crippen LogP contribution in [0.5, 0.6) is 0 Å². The first kappa shape index (κ1) is 10.4. The monoisotopic (exact) mass is 236 g/mol. The van der Waals surface area contributed by atoms with Crippen LogP contribution in [-0.4, -0.2) is 9.91 Å². The highest BCUT2D eigenvalue weighted by atomic mass is 32.1. The van der Waals surface area contributed by atoms with E-state index in [-0.39, 0.29) is 5.00 Å². The maximum atomic E-state index is 10.5. The van der Waals surface area contributed by atoms with Gasteiger partial charge in [-0.3, -0.25) is 10.1 Å². The number of nitrogens with two attached hydrogens (primary N) is 2. The summed E-state index contributed by atoms with van der Waals surface area (Å²) in [5, 5.41) is 11.1. The molecule has 6 nitrogen and oxygen atoms in total. The van der Waals surface area contributed by atoms with Crippen LogP contribution >= 0.6 is 11.3 Å². The molecule has 0 atom stereocenters. The number of anilines is 2. The molecule has 1 heterocycles. The Labute approximate surface area is 94.7 Å². The van der Waals surface area contributed by atoms with Crippen molar-refractivity contribution in [1.82, 2.24) is 4.98 Å². The van der Waals surface area contributed by atoms with Gasteiger partial charge in [0.05, 0.1) is 16.3 Å². The highest BCUT2D eigenvalue weighted by Crippen LogP contribution is 2.31. The Bertz CT molecular complexity index is 552. The number of hydrogen-bond acceptors (Lipinski definition) is 6. The number of aromatic nitrogens is 1. The fourth-order valence-corrected chi connectivity index (χ4v) is 1.92. The molecule has 7 heteroatoms. The molecule has 0 bridgehead atoms. The molecular formula is C9H8N4O2S. The fourth-order valence-electron chi connectivity index (χ4n) is 1.19. The molecule has 0 aliphatic heterocycles. The van der Waals surface area contributed by atoms with Crippen molar-refractivity contribution in [2.24, 2.45) is 0 Å². The molecule has 2 rings (SSSR count). The van der Waals surface area contributed by atoms with Crippen LogP contribution in [0.3, 0.4) is 0 Å². The Morgan fingerprint density at radius 3 is 2.62 bits per heavy atom. The minimum atomic E-state index is -0.470. The molecule has 0 amide bonds. The number of hydrogen-bond donors (Lipinski definition) is 2. The van der Waals surface area contributed by atoms with Crippen molar-refractivity contribution in [1.29, 1.82) is 0 Å². The molecule has 2 aromatic rings. The summed E-state index contributed by atoms with van der Waals surface area (Å²) in [6, 6.07) is 5.03. The smallest absolute Gasteiger partial charge is 0.344 e. The van der Waals surface area contributed by atoms with Gasteiger partial charge in [-0.2, -0.15) is 0 Å². The Balaban J connectivity index is 2.42. The zero-order valence-electron chi connectivity index (χ0n) is 8.08. The van der Waals surface area contributed by atoms with Gasteiger partial charge < -0.3 is 11.5 Å². The second-order valence-electron chi connectivity index (χ2n) is 3.10. The summed E-state index contributed by atoms with van der Waals surface area (Å²) in [6.07, 6.45) is 1.23. The van der Waals surface area contributed by atoms with Crippen molar-refractivity contribution in [2.75, 3.05) is 11.5 Å². The lowest BCUT2D eigenvalue weighted by molar-refractivity contribution is -0.380. The fraction of sp³-hybridized carbons (Fsp3) is 0. The molecule has 0 spiro atoms. The molecule has 0 aliphatic carbocycles. The van der Waals surface area contributed by atoms with Crippen LogP contribution in [0.25, 0.3) is 10.6 Å². The molecule has 0 saturated carbocycles. The third-order valence-corrected chi connectivity index (χ3v) is 3.01.